The Morgan fingerprint density at radius 3 is 2.33 bits per heavy atom. The second-order valence-electron chi connectivity index (χ2n) is 1.68. The van der Waals surface area contributed by atoms with Crippen LogP contribution in [0.5, 0.6) is 11.5 Å². The Kier molecular flexibility index (Phi) is 0.818. The Bertz CT molecular complexity index is 229. The van der Waals surface area contributed by atoms with E-state index < -0.39 is 0 Å². The van der Waals surface area contributed by atoms with Crippen molar-refractivity contribution in [1.82, 2.24) is 0 Å². The summed E-state index contributed by atoms with van der Waals surface area (Å²) in [5.74, 6) is 1.93. The fraction of sp³-hybridized carbons (Fsp3) is 0. The van der Waals surface area contributed by atoms with Gasteiger partial charge in [-0.15, -0.1) is 11.3 Å². The molecule has 0 radical (unpaired) electrons. The molecule has 0 bridgehead atoms. The Labute approximate surface area is 56.3 Å². The molecule has 2 rings (SSSR count). The molecule has 0 saturated carbocycles. The third-order valence-electron chi connectivity index (χ3n) is 1.04. The van der Waals surface area contributed by atoms with Crippen LogP contribution in [-0.2, 0) is 0 Å². The number of fused-ring (bicyclic) bond motifs is 1. The van der Waals surface area contributed by atoms with E-state index in [0.717, 1.165) is 11.5 Å². The molecule has 0 saturated heterocycles. The van der Waals surface area contributed by atoms with E-state index in [4.69, 9.17) is 9.47 Å². The minimum atomic E-state index is 0.368. The van der Waals surface area contributed by atoms with Gasteiger partial charge in [0.05, 0.1) is 0 Å². The smallest absolute Gasteiger partial charge is 0.282 e. The van der Waals surface area contributed by atoms with Crippen molar-refractivity contribution < 1.29 is 9.47 Å². The van der Waals surface area contributed by atoms with Crippen molar-refractivity contribution in [2.75, 3.05) is 0 Å². The Hall–Kier alpha value is -0.960. The van der Waals surface area contributed by atoms with E-state index in [1.807, 2.05) is 10.8 Å². The predicted molar refractivity (Wildman–Crippen MR) is 34.7 cm³/mol. The lowest BCUT2D eigenvalue weighted by atomic mass is 10.6. The van der Waals surface area contributed by atoms with Crippen LogP contribution in [0.25, 0.3) is 0 Å². The normalized spacial score (nSPS) is 14.4. The molecular formula is C6H4O2S. The first-order valence-electron chi connectivity index (χ1n) is 2.47. The van der Waals surface area contributed by atoms with E-state index in [2.05, 4.69) is 6.58 Å². The summed E-state index contributed by atoms with van der Waals surface area (Å²) >= 11 is 1.55. The van der Waals surface area contributed by atoms with Crippen LogP contribution >= 0.6 is 11.3 Å². The van der Waals surface area contributed by atoms with Gasteiger partial charge in [0.25, 0.3) is 5.95 Å². The van der Waals surface area contributed by atoms with E-state index in [1.54, 1.807) is 11.3 Å². The van der Waals surface area contributed by atoms with Gasteiger partial charge in [0.1, 0.15) is 0 Å². The van der Waals surface area contributed by atoms with Crippen molar-refractivity contribution >= 4 is 11.3 Å². The van der Waals surface area contributed by atoms with Gasteiger partial charge >= 0.3 is 0 Å². The SMILES string of the molecule is C=C1Oc2cscc2O1. The summed E-state index contributed by atoms with van der Waals surface area (Å²) in [6.07, 6.45) is 0. The molecule has 9 heavy (non-hydrogen) atoms. The largest absolute Gasteiger partial charge is 0.422 e. The summed E-state index contributed by atoms with van der Waals surface area (Å²) in [5.41, 5.74) is 0. The maximum absolute atomic E-state index is 5.04. The first kappa shape index (κ1) is 4.88. The van der Waals surface area contributed by atoms with Crippen LogP contribution in [0.4, 0.5) is 0 Å². The topological polar surface area (TPSA) is 18.5 Å². The van der Waals surface area contributed by atoms with Crippen LogP contribution in [0.15, 0.2) is 23.3 Å². The van der Waals surface area contributed by atoms with Gasteiger partial charge < -0.3 is 9.47 Å². The number of hydrogen-bond acceptors (Lipinski definition) is 3. The third kappa shape index (κ3) is 0.616. The molecule has 0 amide bonds. The van der Waals surface area contributed by atoms with Gasteiger partial charge in [-0.3, -0.25) is 0 Å². The standard InChI is InChI=1S/C6H4O2S/c1-4-7-5-2-9-3-6(5)8-4/h2-3H,1H2. The van der Waals surface area contributed by atoms with Crippen molar-refractivity contribution in [3.8, 4) is 11.5 Å². The molecule has 0 unspecified atom stereocenters. The molecule has 0 aromatic carbocycles. The summed E-state index contributed by atoms with van der Waals surface area (Å²) in [5, 5.41) is 3.76. The van der Waals surface area contributed by atoms with Crippen LogP contribution in [0, 0.1) is 0 Å². The zero-order valence-electron chi connectivity index (χ0n) is 4.59. The van der Waals surface area contributed by atoms with Gasteiger partial charge in [0.2, 0.25) is 0 Å². The lowest BCUT2D eigenvalue weighted by Crippen LogP contribution is -1.89. The highest BCUT2D eigenvalue weighted by molar-refractivity contribution is 7.08. The first-order valence-corrected chi connectivity index (χ1v) is 3.41. The minimum absolute atomic E-state index is 0.368. The maximum Gasteiger partial charge on any atom is 0.282 e. The summed E-state index contributed by atoms with van der Waals surface area (Å²) < 4.78 is 10.1. The van der Waals surface area contributed by atoms with Gasteiger partial charge in [-0.2, -0.15) is 0 Å². The fourth-order valence-corrected chi connectivity index (χ4v) is 1.33. The molecule has 0 N–H and O–H groups in total. The second kappa shape index (κ2) is 1.51. The highest BCUT2D eigenvalue weighted by Crippen LogP contribution is 2.38. The second-order valence-corrected chi connectivity index (χ2v) is 2.42. The van der Waals surface area contributed by atoms with Crippen molar-refractivity contribution in [3.63, 3.8) is 0 Å². The molecule has 0 aliphatic carbocycles. The van der Waals surface area contributed by atoms with Gasteiger partial charge in [-0.25, -0.2) is 0 Å². The molecule has 0 spiro atoms. The molecule has 46 valence electrons. The summed E-state index contributed by atoms with van der Waals surface area (Å²) in [6, 6.07) is 0. The van der Waals surface area contributed by atoms with E-state index >= 15 is 0 Å². The number of rotatable bonds is 0. The molecular weight excluding hydrogens is 136 g/mol. The molecule has 1 aromatic heterocycles. The van der Waals surface area contributed by atoms with Crippen molar-refractivity contribution in [1.29, 1.82) is 0 Å². The quantitative estimate of drug-likeness (QED) is 0.548. The van der Waals surface area contributed by atoms with Gasteiger partial charge in [0.15, 0.2) is 11.5 Å². The Balaban J connectivity index is 2.49. The van der Waals surface area contributed by atoms with Crippen LogP contribution in [0.1, 0.15) is 0 Å². The van der Waals surface area contributed by atoms with E-state index in [-0.39, 0.29) is 0 Å². The lowest BCUT2D eigenvalue weighted by Gasteiger charge is -1.90. The number of hydrogen-bond donors (Lipinski definition) is 0. The van der Waals surface area contributed by atoms with Crippen LogP contribution < -0.4 is 9.47 Å². The van der Waals surface area contributed by atoms with Crippen LogP contribution in [0.3, 0.4) is 0 Å². The van der Waals surface area contributed by atoms with E-state index in [0.29, 0.717) is 5.95 Å². The highest BCUT2D eigenvalue weighted by atomic mass is 32.1. The molecule has 2 nitrogen and oxygen atoms in total. The van der Waals surface area contributed by atoms with Gasteiger partial charge in [-0.1, -0.05) is 0 Å². The summed E-state index contributed by atoms with van der Waals surface area (Å²) in [7, 11) is 0. The zero-order valence-corrected chi connectivity index (χ0v) is 5.40. The highest BCUT2D eigenvalue weighted by Gasteiger charge is 2.17. The average molecular weight is 140 g/mol. The van der Waals surface area contributed by atoms with Crippen molar-refractivity contribution in [2.45, 2.75) is 0 Å². The van der Waals surface area contributed by atoms with E-state index in [1.165, 1.54) is 0 Å². The Morgan fingerprint density at radius 1 is 1.22 bits per heavy atom. The maximum atomic E-state index is 5.04. The van der Waals surface area contributed by atoms with Crippen LogP contribution in [0.2, 0.25) is 0 Å². The molecule has 1 aliphatic heterocycles. The molecule has 0 atom stereocenters. The molecule has 1 aliphatic rings. The van der Waals surface area contributed by atoms with Crippen molar-refractivity contribution in [3.05, 3.63) is 23.3 Å². The molecule has 2 heterocycles. The predicted octanol–water partition coefficient (Wildman–Crippen LogP) is 1.99. The van der Waals surface area contributed by atoms with Crippen molar-refractivity contribution in [2.24, 2.45) is 0 Å². The lowest BCUT2D eigenvalue weighted by molar-refractivity contribution is 0.290. The zero-order chi connectivity index (χ0) is 6.27. The average Bonchev–Trinajstić information content (AvgIpc) is 2.22. The summed E-state index contributed by atoms with van der Waals surface area (Å²) in [4.78, 5) is 0. The fourth-order valence-electron chi connectivity index (χ4n) is 0.689. The third-order valence-corrected chi connectivity index (χ3v) is 1.74. The number of ether oxygens (including phenoxy) is 2. The minimum Gasteiger partial charge on any atom is -0.422 e. The molecule has 0 fully saturated rings. The van der Waals surface area contributed by atoms with Crippen LogP contribution in [-0.4, -0.2) is 0 Å². The molecule has 3 heteroatoms. The Morgan fingerprint density at radius 2 is 1.78 bits per heavy atom. The van der Waals surface area contributed by atoms with Gasteiger partial charge in [-0.05, 0) is 6.58 Å². The summed E-state index contributed by atoms with van der Waals surface area (Å²) in [6.45, 7) is 3.50. The van der Waals surface area contributed by atoms with Gasteiger partial charge in [0, 0.05) is 10.8 Å². The monoisotopic (exact) mass is 140 g/mol. The van der Waals surface area contributed by atoms with E-state index in [9.17, 15) is 0 Å². The number of thiophene rings is 1. The molecule has 1 aromatic rings. The first-order chi connectivity index (χ1) is 4.36.